The second-order valence-corrected chi connectivity index (χ2v) is 2.28. The van der Waals surface area contributed by atoms with Crippen molar-refractivity contribution in [3.63, 3.8) is 0 Å². The van der Waals surface area contributed by atoms with Crippen molar-refractivity contribution >= 4 is 23.7 Å². The van der Waals surface area contributed by atoms with Crippen LogP contribution >= 0.6 is 12.6 Å². The molecule has 1 aromatic rings. The topological polar surface area (TPSA) is 80.1 Å². The van der Waals surface area contributed by atoms with Crippen LogP contribution in [-0.4, -0.2) is 26.2 Å². The summed E-state index contributed by atoms with van der Waals surface area (Å²) in [7, 11) is 0. The van der Waals surface area contributed by atoms with E-state index >= 15 is 0 Å². The molecule has 0 saturated heterocycles. The number of rotatable bonds is 2. The second-order valence-electron chi connectivity index (χ2n) is 1.88. The molecule has 1 N–H and O–H groups in total. The Balaban J connectivity index is 3.12. The Morgan fingerprint density at radius 2 is 2.17 bits per heavy atom. The Hall–Kier alpha value is -1.43. The molecule has 0 aliphatic heterocycles. The molecule has 0 aliphatic rings. The maximum atomic E-state index is 10.6. The Kier molecular flexibility index (Phi) is 2.39. The molecule has 1 rings (SSSR count). The molecule has 0 aromatic carbocycles. The summed E-state index contributed by atoms with van der Waals surface area (Å²) < 4.78 is 0. The first kappa shape index (κ1) is 8.66. The lowest BCUT2D eigenvalue weighted by atomic mass is 10.4. The summed E-state index contributed by atoms with van der Waals surface area (Å²) in [5, 5.41) is 7.81. The van der Waals surface area contributed by atoms with E-state index in [1.54, 1.807) is 0 Å². The second kappa shape index (κ2) is 3.31. The molecule has 62 valence electrons. The zero-order valence-electron chi connectivity index (χ0n) is 5.76. The van der Waals surface area contributed by atoms with E-state index in [1.165, 1.54) is 12.3 Å². The quantitative estimate of drug-likeness (QED) is 0.644. The summed E-state index contributed by atoms with van der Waals surface area (Å²) in [6.07, 6.45) is 1.19. The number of aromatic carboxylic acids is 1. The largest absolute Gasteiger partial charge is 0.477 e. The van der Waals surface area contributed by atoms with Gasteiger partial charge in [0.15, 0.2) is 5.69 Å². The fourth-order valence-corrected chi connectivity index (χ4v) is 0.689. The van der Waals surface area contributed by atoms with Gasteiger partial charge < -0.3 is 5.11 Å². The average molecular weight is 184 g/mol. The van der Waals surface area contributed by atoms with E-state index in [0.717, 1.165) is 0 Å². The van der Waals surface area contributed by atoms with Gasteiger partial charge in [0.2, 0.25) is 5.82 Å². The normalized spacial score (nSPS) is 9.42. The van der Waals surface area contributed by atoms with Crippen LogP contribution in [0.25, 0.3) is 0 Å². The van der Waals surface area contributed by atoms with Crippen molar-refractivity contribution in [3.05, 3.63) is 23.8 Å². The lowest BCUT2D eigenvalue weighted by Gasteiger charge is -1.94. The molecule has 12 heavy (non-hydrogen) atoms. The maximum absolute atomic E-state index is 10.6. The highest BCUT2D eigenvalue weighted by Gasteiger charge is 2.08. The molecule has 0 saturated carbocycles. The first-order chi connectivity index (χ1) is 5.61. The minimum atomic E-state index is -1.20. The van der Waals surface area contributed by atoms with Crippen molar-refractivity contribution in [1.29, 1.82) is 0 Å². The fraction of sp³-hybridized carbons (Fsp3) is 0. The van der Waals surface area contributed by atoms with Crippen LogP contribution in [0.3, 0.4) is 0 Å². The predicted molar refractivity (Wildman–Crippen MR) is 42.3 cm³/mol. The van der Waals surface area contributed by atoms with Crippen LogP contribution in [0.15, 0.2) is 12.3 Å². The van der Waals surface area contributed by atoms with Gasteiger partial charge in [0.25, 0.3) is 5.12 Å². The van der Waals surface area contributed by atoms with Gasteiger partial charge in [-0.1, -0.05) is 12.6 Å². The molecule has 1 heterocycles. The number of aromatic nitrogens is 2. The highest BCUT2D eigenvalue weighted by atomic mass is 32.1. The molecule has 1 aromatic heterocycles. The number of nitrogens with zero attached hydrogens (tertiary/aromatic N) is 2. The van der Waals surface area contributed by atoms with Crippen LogP contribution in [0.1, 0.15) is 21.1 Å². The molecule has 0 aliphatic carbocycles. The van der Waals surface area contributed by atoms with Gasteiger partial charge in [0.05, 0.1) is 0 Å². The summed E-state index contributed by atoms with van der Waals surface area (Å²) >= 11 is 3.45. The van der Waals surface area contributed by atoms with Gasteiger partial charge in [-0.25, -0.2) is 14.8 Å². The van der Waals surface area contributed by atoms with Crippen molar-refractivity contribution in [3.8, 4) is 0 Å². The van der Waals surface area contributed by atoms with Crippen LogP contribution in [0.2, 0.25) is 0 Å². The van der Waals surface area contributed by atoms with Gasteiger partial charge in [-0.15, -0.1) is 0 Å². The zero-order chi connectivity index (χ0) is 9.14. The molecule has 0 atom stereocenters. The van der Waals surface area contributed by atoms with E-state index in [0.29, 0.717) is 0 Å². The third-order valence-corrected chi connectivity index (χ3v) is 1.27. The van der Waals surface area contributed by atoms with Gasteiger partial charge >= 0.3 is 5.97 Å². The molecule has 6 heteroatoms. The maximum Gasteiger partial charge on any atom is 0.354 e. The summed E-state index contributed by atoms with van der Waals surface area (Å²) in [4.78, 5) is 27.9. The summed E-state index contributed by atoms with van der Waals surface area (Å²) in [5.41, 5.74) is -0.220. The van der Waals surface area contributed by atoms with E-state index in [2.05, 4.69) is 22.6 Å². The molecule has 0 amide bonds. The van der Waals surface area contributed by atoms with Gasteiger partial charge in [0, 0.05) is 6.20 Å². The lowest BCUT2D eigenvalue weighted by Crippen LogP contribution is -2.06. The summed E-state index contributed by atoms with van der Waals surface area (Å²) in [5.74, 6) is -1.41. The van der Waals surface area contributed by atoms with Crippen LogP contribution < -0.4 is 0 Å². The van der Waals surface area contributed by atoms with E-state index in [9.17, 15) is 9.59 Å². The van der Waals surface area contributed by atoms with E-state index in [-0.39, 0.29) is 11.5 Å². The van der Waals surface area contributed by atoms with Gasteiger partial charge in [0.1, 0.15) is 0 Å². The molecule has 5 nitrogen and oxygen atoms in total. The van der Waals surface area contributed by atoms with E-state index in [4.69, 9.17) is 5.11 Å². The van der Waals surface area contributed by atoms with Crippen LogP contribution in [0.5, 0.6) is 0 Å². The Labute approximate surface area is 72.9 Å². The van der Waals surface area contributed by atoms with Gasteiger partial charge in [-0.3, -0.25) is 4.79 Å². The smallest absolute Gasteiger partial charge is 0.354 e. The van der Waals surface area contributed by atoms with Crippen LogP contribution in [0.4, 0.5) is 0 Å². The molecule has 0 bridgehead atoms. The van der Waals surface area contributed by atoms with Crippen molar-refractivity contribution in [1.82, 2.24) is 9.97 Å². The molecule has 0 radical (unpaired) electrons. The number of thiol groups is 1. The monoisotopic (exact) mass is 184 g/mol. The molecular formula is C6H4N2O3S. The van der Waals surface area contributed by atoms with Crippen molar-refractivity contribution in [2.45, 2.75) is 0 Å². The SMILES string of the molecule is O=C(O)c1ccnc(C(=O)S)n1. The number of carboxylic acids is 1. The average Bonchev–Trinajstić information content (AvgIpc) is 2.04. The zero-order valence-corrected chi connectivity index (χ0v) is 6.65. The number of carbonyl (C=O) groups is 2. The van der Waals surface area contributed by atoms with Crippen molar-refractivity contribution in [2.75, 3.05) is 0 Å². The summed E-state index contributed by atoms with van der Waals surface area (Å²) in [6, 6.07) is 1.20. The first-order valence-corrected chi connectivity index (χ1v) is 3.35. The third-order valence-electron chi connectivity index (χ3n) is 1.07. The minimum Gasteiger partial charge on any atom is -0.477 e. The molecule has 0 spiro atoms. The van der Waals surface area contributed by atoms with Crippen molar-refractivity contribution in [2.24, 2.45) is 0 Å². The number of hydrogen-bond donors (Lipinski definition) is 2. The van der Waals surface area contributed by atoms with E-state index < -0.39 is 11.1 Å². The van der Waals surface area contributed by atoms with Gasteiger partial charge in [-0.05, 0) is 6.07 Å². The molecule has 0 fully saturated rings. The van der Waals surface area contributed by atoms with Crippen LogP contribution in [0, 0.1) is 0 Å². The molecular weight excluding hydrogens is 180 g/mol. The summed E-state index contributed by atoms with van der Waals surface area (Å²) in [6.45, 7) is 0. The first-order valence-electron chi connectivity index (χ1n) is 2.91. The third kappa shape index (κ3) is 1.79. The van der Waals surface area contributed by atoms with E-state index in [1.807, 2.05) is 0 Å². The minimum absolute atomic E-state index is 0.210. The highest BCUT2D eigenvalue weighted by molar-refractivity contribution is 7.97. The van der Waals surface area contributed by atoms with Crippen molar-refractivity contribution < 1.29 is 14.7 Å². The predicted octanol–water partition coefficient (Wildman–Crippen LogP) is 0.245. The van der Waals surface area contributed by atoms with Gasteiger partial charge in [-0.2, -0.15) is 0 Å². The van der Waals surface area contributed by atoms with Crippen LogP contribution in [-0.2, 0) is 0 Å². The number of hydrogen-bond acceptors (Lipinski definition) is 4. The Morgan fingerprint density at radius 1 is 1.50 bits per heavy atom. The number of carboxylic acid groups (broad SMARTS) is 1. The fourth-order valence-electron chi connectivity index (χ4n) is 0.581. The molecule has 0 unspecified atom stereocenters. The highest BCUT2D eigenvalue weighted by Crippen LogP contribution is 1.98. The number of carbonyl (C=O) groups excluding carboxylic acids is 1. The lowest BCUT2D eigenvalue weighted by molar-refractivity contribution is 0.0690. The Bertz CT molecular complexity index is 310. The standard InChI is InChI=1S/C6H4N2O3S/c9-5(10)3-1-2-7-4(8-3)6(11)12/h1-2H,(H,9,10)(H,11,12). The Morgan fingerprint density at radius 3 is 2.67 bits per heavy atom.